The molecule has 0 aromatic carbocycles. The Balaban J connectivity index is 1.65. The third-order valence-electron chi connectivity index (χ3n) is 4.43. The van der Waals surface area contributed by atoms with E-state index in [1.54, 1.807) is 0 Å². The van der Waals surface area contributed by atoms with Gasteiger partial charge in [0, 0.05) is 12.6 Å². The molecule has 4 nitrogen and oxygen atoms in total. The Labute approximate surface area is 117 Å². The Morgan fingerprint density at radius 2 is 1.74 bits per heavy atom. The number of rotatable bonds is 6. The second kappa shape index (κ2) is 7.60. The summed E-state index contributed by atoms with van der Waals surface area (Å²) in [5.74, 6) is 0.988. The van der Waals surface area contributed by atoms with Gasteiger partial charge in [-0.1, -0.05) is 38.5 Å². The molecule has 2 fully saturated rings. The summed E-state index contributed by atoms with van der Waals surface area (Å²) < 4.78 is 26.8. The predicted molar refractivity (Wildman–Crippen MR) is 78.6 cm³/mol. The van der Waals surface area contributed by atoms with E-state index in [9.17, 15) is 8.42 Å². The van der Waals surface area contributed by atoms with Crippen molar-refractivity contribution in [3.63, 3.8) is 0 Å². The van der Waals surface area contributed by atoms with Crippen molar-refractivity contribution < 1.29 is 8.42 Å². The standard InChI is InChI=1S/C14H28N2O2S/c17-19(18,12-14-8-4-5-10-15-14)16-11-9-13-6-2-1-3-7-13/h13-16H,1-12H2. The molecular weight excluding hydrogens is 260 g/mol. The van der Waals surface area contributed by atoms with Gasteiger partial charge in [-0.05, 0) is 31.7 Å². The van der Waals surface area contributed by atoms with Crippen LogP contribution in [0.1, 0.15) is 57.8 Å². The van der Waals surface area contributed by atoms with Crippen molar-refractivity contribution in [1.82, 2.24) is 10.0 Å². The number of hydrogen-bond acceptors (Lipinski definition) is 3. The summed E-state index contributed by atoms with van der Waals surface area (Å²) in [4.78, 5) is 0. The normalized spacial score (nSPS) is 26.4. The molecule has 112 valence electrons. The molecule has 1 saturated heterocycles. The monoisotopic (exact) mass is 288 g/mol. The van der Waals surface area contributed by atoms with Gasteiger partial charge in [-0.15, -0.1) is 0 Å². The van der Waals surface area contributed by atoms with Crippen LogP contribution in [0.15, 0.2) is 0 Å². The highest BCUT2D eigenvalue weighted by atomic mass is 32.2. The van der Waals surface area contributed by atoms with Crippen LogP contribution in [0.4, 0.5) is 0 Å². The van der Waals surface area contributed by atoms with E-state index in [0.29, 0.717) is 6.54 Å². The largest absolute Gasteiger partial charge is 0.313 e. The van der Waals surface area contributed by atoms with Gasteiger partial charge in [0.15, 0.2) is 0 Å². The molecule has 0 aromatic rings. The van der Waals surface area contributed by atoms with Gasteiger partial charge in [-0.3, -0.25) is 0 Å². The van der Waals surface area contributed by atoms with Crippen molar-refractivity contribution in [3.8, 4) is 0 Å². The number of nitrogens with one attached hydrogen (secondary N) is 2. The van der Waals surface area contributed by atoms with Crippen molar-refractivity contribution in [2.45, 2.75) is 63.8 Å². The second-order valence-electron chi connectivity index (χ2n) is 6.12. The Kier molecular flexibility index (Phi) is 6.10. The van der Waals surface area contributed by atoms with E-state index in [1.165, 1.54) is 38.5 Å². The average Bonchev–Trinajstić information content (AvgIpc) is 2.40. The first kappa shape index (κ1) is 15.3. The maximum atomic E-state index is 12.0. The topological polar surface area (TPSA) is 58.2 Å². The highest BCUT2D eigenvalue weighted by molar-refractivity contribution is 7.89. The third-order valence-corrected chi connectivity index (χ3v) is 5.92. The first-order valence-electron chi connectivity index (χ1n) is 7.86. The van der Waals surface area contributed by atoms with Gasteiger partial charge in [-0.2, -0.15) is 0 Å². The summed E-state index contributed by atoms with van der Waals surface area (Å²) in [7, 11) is -3.09. The molecule has 19 heavy (non-hydrogen) atoms. The quantitative estimate of drug-likeness (QED) is 0.786. The molecule has 0 amide bonds. The Morgan fingerprint density at radius 1 is 1.00 bits per heavy atom. The number of sulfonamides is 1. The molecule has 2 N–H and O–H groups in total. The van der Waals surface area contributed by atoms with Crippen molar-refractivity contribution >= 4 is 10.0 Å². The van der Waals surface area contributed by atoms with Gasteiger partial charge in [-0.25, -0.2) is 13.1 Å². The highest BCUT2D eigenvalue weighted by Gasteiger charge is 2.21. The van der Waals surface area contributed by atoms with Crippen LogP contribution in [0, 0.1) is 5.92 Å². The smallest absolute Gasteiger partial charge is 0.213 e. The van der Waals surface area contributed by atoms with E-state index in [1.807, 2.05) is 0 Å². The van der Waals surface area contributed by atoms with Gasteiger partial charge in [0.1, 0.15) is 0 Å². The van der Waals surface area contributed by atoms with Crippen molar-refractivity contribution in [2.75, 3.05) is 18.8 Å². The minimum Gasteiger partial charge on any atom is -0.313 e. The molecule has 1 heterocycles. The average molecular weight is 288 g/mol. The van der Waals surface area contributed by atoms with E-state index in [-0.39, 0.29) is 11.8 Å². The van der Waals surface area contributed by atoms with E-state index < -0.39 is 10.0 Å². The highest BCUT2D eigenvalue weighted by Crippen LogP contribution is 2.25. The molecule has 1 unspecified atom stereocenters. The van der Waals surface area contributed by atoms with Crippen LogP contribution >= 0.6 is 0 Å². The molecular formula is C14H28N2O2S. The van der Waals surface area contributed by atoms with E-state index in [0.717, 1.165) is 31.7 Å². The summed E-state index contributed by atoms with van der Waals surface area (Å²) in [6.07, 6.45) is 10.9. The summed E-state index contributed by atoms with van der Waals surface area (Å²) in [5, 5.41) is 3.30. The van der Waals surface area contributed by atoms with Crippen LogP contribution in [0.2, 0.25) is 0 Å². The summed E-state index contributed by atoms with van der Waals surface area (Å²) in [5.41, 5.74) is 0. The molecule has 1 saturated carbocycles. The third kappa shape index (κ3) is 5.79. The summed E-state index contributed by atoms with van der Waals surface area (Å²) >= 11 is 0. The Morgan fingerprint density at radius 3 is 2.42 bits per heavy atom. The van der Waals surface area contributed by atoms with Gasteiger partial charge >= 0.3 is 0 Å². The molecule has 1 aliphatic heterocycles. The van der Waals surface area contributed by atoms with Crippen LogP contribution in [0.3, 0.4) is 0 Å². The summed E-state index contributed by atoms with van der Waals surface area (Å²) in [6.45, 7) is 1.59. The van der Waals surface area contributed by atoms with Gasteiger partial charge in [0.2, 0.25) is 10.0 Å². The van der Waals surface area contributed by atoms with Crippen molar-refractivity contribution in [1.29, 1.82) is 0 Å². The lowest BCUT2D eigenvalue weighted by molar-refractivity contribution is 0.339. The van der Waals surface area contributed by atoms with Crippen LogP contribution < -0.4 is 10.0 Å². The fraction of sp³-hybridized carbons (Fsp3) is 1.00. The number of hydrogen-bond donors (Lipinski definition) is 2. The van der Waals surface area contributed by atoms with Gasteiger partial charge < -0.3 is 5.32 Å². The van der Waals surface area contributed by atoms with E-state index >= 15 is 0 Å². The van der Waals surface area contributed by atoms with Gasteiger partial charge in [0.05, 0.1) is 5.75 Å². The molecule has 1 aliphatic carbocycles. The first-order valence-corrected chi connectivity index (χ1v) is 9.52. The van der Waals surface area contributed by atoms with Crippen LogP contribution in [0.25, 0.3) is 0 Å². The lowest BCUT2D eigenvalue weighted by Crippen LogP contribution is -2.42. The lowest BCUT2D eigenvalue weighted by Gasteiger charge is -2.24. The maximum Gasteiger partial charge on any atom is 0.213 e. The van der Waals surface area contributed by atoms with Gasteiger partial charge in [0.25, 0.3) is 0 Å². The molecule has 2 rings (SSSR count). The lowest BCUT2D eigenvalue weighted by atomic mass is 9.87. The Bertz CT molecular complexity index is 344. The first-order chi connectivity index (χ1) is 9.16. The van der Waals surface area contributed by atoms with E-state index in [2.05, 4.69) is 10.0 Å². The minimum atomic E-state index is -3.09. The fourth-order valence-electron chi connectivity index (χ4n) is 3.28. The fourth-order valence-corrected chi connectivity index (χ4v) is 4.65. The zero-order chi connectivity index (χ0) is 13.6. The molecule has 0 spiro atoms. The zero-order valence-corrected chi connectivity index (χ0v) is 12.7. The van der Waals surface area contributed by atoms with Crippen molar-refractivity contribution in [3.05, 3.63) is 0 Å². The van der Waals surface area contributed by atoms with Crippen molar-refractivity contribution in [2.24, 2.45) is 5.92 Å². The molecule has 1 atom stereocenters. The molecule has 0 bridgehead atoms. The van der Waals surface area contributed by atoms with Crippen LogP contribution in [-0.2, 0) is 10.0 Å². The minimum absolute atomic E-state index is 0.154. The molecule has 0 aromatic heterocycles. The van der Waals surface area contributed by atoms with Crippen LogP contribution in [0.5, 0.6) is 0 Å². The molecule has 5 heteroatoms. The maximum absolute atomic E-state index is 12.0. The SMILES string of the molecule is O=S(=O)(CC1CCCCN1)NCCC1CCCCC1. The molecule has 0 radical (unpaired) electrons. The summed E-state index contributed by atoms with van der Waals surface area (Å²) in [6, 6.07) is 0.154. The second-order valence-corrected chi connectivity index (χ2v) is 7.97. The van der Waals surface area contributed by atoms with Crippen LogP contribution in [-0.4, -0.2) is 33.3 Å². The Hall–Kier alpha value is -0.130. The molecule has 2 aliphatic rings. The zero-order valence-electron chi connectivity index (χ0n) is 11.9. The van der Waals surface area contributed by atoms with E-state index in [4.69, 9.17) is 0 Å². The number of piperidine rings is 1. The predicted octanol–water partition coefficient (Wildman–Crippen LogP) is 2.02.